The first-order valence-electron chi connectivity index (χ1n) is 8.48. The van der Waals surface area contributed by atoms with E-state index in [9.17, 15) is 18.4 Å². The molecule has 0 unspecified atom stereocenters. The van der Waals surface area contributed by atoms with Crippen LogP contribution < -0.4 is 10.6 Å². The quantitative estimate of drug-likeness (QED) is 0.783. The Morgan fingerprint density at radius 1 is 1.17 bits per heavy atom. The van der Waals surface area contributed by atoms with Gasteiger partial charge in [0.15, 0.2) is 0 Å². The fourth-order valence-electron chi connectivity index (χ4n) is 2.92. The van der Waals surface area contributed by atoms with Crippen LogP contribution in [0.1, 0.15) is 55.8 Å². The molecule has 1 saturated carbocycles. The predicted octanol–water partition coefficient (Wildman–Crippen LogP) is 3.17. The molecule has 6 heteroatoms. The highest BCUT2D eigenvalue weighted by Crippen LogP contribution is 2.23. The lowest BCUT2D eigenvalue weighted by Crippen LogP contribution is -2.37. The van der Waals surface area contributed by atoms with Crippen LogP contribution in [0.4, 0.5) is 8.78 Å². The lowest BCUT2D eigenvalue weighted by Gasteiger charge is -2.26. The van der Waals surface area contributed by atoms with Gasteiger partial charge < -0.3 is 10.6 Å². The van der Waals surface area contributed by atoms with Crippen LogP contribution in [0, 0.1) is 17.6 Å². The Morgan fingerprint density at radius 2 is 1.88 bits per heavy atom. The molecule has 0 bridgehead atoms. The van der Waals surface area contributed by atoms with Gasteiger partial charge in [-0.15, -0.1) is 0 Å². The van der Waals surface area contributed by atoms with Crippen molar-refractivity contribution in [3.63, 3.8) is 0 Å². The molecule has 2 amide bonds. The van der Waals surface area contributed by atoms with Crippen molar-refractivity contribution in [1.29, 1.82) is 0 Å². The van der Waals surface area contributed by atoms with Crippen LogP contribution in [-0.4, -0.2) is 24.4 Å². The van der Waals surface area contributed by atoms with Gasteiger partial charge in [-0.25, -0.2) is 8.78 Å². The first-order valence-corrected chi connectivity index (χ1v) is 8.48. The molecule has 1 aliphatic rings. The van der Waals surface area contributed by atoms with E-state index in [1.807, 2.05) is 0 Å². The summed E-state index contributed by atoms with van der Waals surface area (Å²) in [5, 5.41) is 5.56. The Bertz CT molecular complexity index is 584. The van der Waals surface area contributed by atoms with Crippen LogP contribution in [-0.2, 0) is 4.79 Å². The van der Waals surface area contributed by atoms with Gasteiger partial charge in [0.25, 0.3) is 5.91 Å². The Hall–Kier alpha value is -1.98. The maximum Gasteiger partial charge on any atom is 0.254 e. The average molecular weight is 338 g/mol. The minimum atomic E-state index is -0.892. The zero-order chi connectivity index (χ0) is 17.5. The smallest absolute Gasteiger partial charge is 0.254 e. The van der Waals surface area contributed by atoms with Crippen LogP contribution >= 0.6 is 0 Å². The number of nitrogens with one attached hydrogen (secondary N) is 2. The van der Waals surface area contributed by atoms with Gasteiger partial charge in [0.1, 0.15) is 11.6 Å². The van der Waals surface area contributed by atoms with Crippen LogP contribution in [0.2, 0.25) is 0 Å². The third-order valence-electron chi connectivity index (χ3n) is 4.42. The Balaban J connectivity index is 1.65. The van der Waals surface area contributed by atoms with E-state index in [0.29, 0.717) is 18.9 Å². The van der Waals surface area contributed by atoms with Crippen molar-refractivity contribution in [2.24, 2.45) is 5.92 Å². The minimum Gasteiger partial charge on any atom is -0.353 e. The van der Waals surface area contributed by atoms with Crippen molar-refractivity contribution >= 4 is 11.8 Å². The molecule has 0 spiro atoms. The molecule has 1 aliphatic carbocycles. The zero-order valence-electron chi connectivity index (χ0n) is 13.9. The summed E-state index contributed by atoms with van der Waals surface area (Å²) in [6.07, 6.45) is 5.12. The SMILES string of the molecule is CC1CCC(NC(=O)CCCNC(=O)c2ccc(F)cc2F)CC1. The fourth-order valence-corrected chi connectivity index (χ4v) is 2.92. The molecule has 1 aromatic carbocycles. The molecule has 2 N–H and O–H groups in total. The summed E-state index contributed by atoms with van der Waals surface area (Å²) in [6.45, 7) is 2.50. The van der Waals surface area contributed by atoms with Crippen LogP contribution in [0.5, 0.6) is 0 Å². The van der Waals surface area contributed by atoms with E-state index in [-0.39, 0.29) is 24.1 Å². The first kappa shape index (κ1) is 18.4. The van der Waals surface area contributed by atoms with Gasteiger partial charge in [0, 0.05) is 25.1 Å². The monoisotopic (exact) mass is 338 g/mol. The van der Waals surface area contributed by atoms with E-state index in [1.54, 1.807) is 0 Å². The Kier molecular flexibility index (Phi) is 6.70. The third kappa shape index (κ3) is 5.58. The molecule has 0 atom stereocenters. The molecule has 4 nitrogen and oxygen atoms in total. The van der Waals surface area contributed by atoms with Crippen molar-refractivity contribution < 1.29 is 18.4 Å². The Morgan fingerprint density at radius 3 is 2.54 bits per heavy atom. The second-order valence-electron chi connectivity index (χ2n) is 6.51. The zero-order valence-corrected chi connectivity index (χ0v) is 13.9. The van der Waals surface area contributed by atoms with Crippen LogP contribution in [0.3, 0.4) is 0 Å². The summed E-state index contributed by atoms with van der Waals surface area (Å²) >= 11 is 0. The van der Waals surface area contributed by atoms with Crippen molar-refractivity contribution in [1.82, 2.24) is 10.6 Å². The minimum absolute atomic E-state index is 0.0169. The Labute approximate surface area is 141 Å². The highest BCUT2D eigenvalue weighted by Gasteiger charge is 2.19. The van der Waals surface area contributed by atoms with Crippen LogP contribution in [0.15, 0.2) is 18.2 Å². The molecule has 0 aromatic heterocycles. The largest absolute Gasteiger partial charge is 0.353 e. The molecule has 0 heterocycles. The third-order valence-corrected chi connectivity index (χ3v) is 4.42. The molecule has 0 aliphatic heterocycles. The van der Waals surface area contributed by atoms with Gasteiger partial charge in [0.05, 0.1) is 5.56 Å². The molecule has 132 valence electrons. The summed E-state index contributed by atoms with van der Waals surface area (Å²) in [5.41, 5.74) is -0.197. The van der Waals surface area contributed by atoms with Gasteiger partial charge in [0.2, 0.25) is 5.91 Å². The van der Waals surface area contributed by atoms with E-state index in [2.05, 4.69) is 17.6 Å². The van der Waals surface area contributed by atoms with Crippen molar-refractivity contribution in [3.05, 3.63) is 35.4 Å². The highest BCUT2D eigenvalue weighted by molar-refractivity contribution is 5.94. The summed E-state index contributed by atoms with van der Waals surface area (Å²) in [5.74, 6) is -1.50. The molecule has 2 rings (SSSR count). The average Bonchev–Trinajstić information content (AvgIpc) is 2.53. The molecule has 24 heavy (non-hydrogen) atoms. The summed E-state index contributed by atoms with van der Waals surface area (Å²) in [4.78, 5) is 23.7. The first-order chi connectivity index (χ1) is 11.5. The van der Waals surface area contributed by atoms with Gasteiger partial charge in [-0.1, -0.05) is 6.92 Å². The highest BCUT2D eigenvalue weighted by atomic mass is 19.1. The van der Waals surface area contributed by atoms with Gasteiger partial charge in [-0.3, -0.25) is 9.59 Å². The van der Waals surface area contributed by atoms with E-state index in [0.717, 1.165) is 43.7 Å². The normalized spacial score (nSPS) is 20.5. The second kappa shape index (κ2) is 8.76. The van der Waals surface area contributed by atoms with Crippen molar-refractivity contribution in [2.75, 3.05) is 6.54 Å². The number of amides is 2. The summed E-state index contributed by atoms with van der Waals surface area (Å²) in [7, 11) is 0. The van der Waals surface area contributed by atoms with Crippen molar-refractivity contribution in [3.8, 4) is 0 Å². The maximum absolute atomic E-state index is 13.5. The van der Waals surface area contributed by atoms with E-state index >= 15 is 0 Å². The van der Waals surface area contributed by atoms with Crippen molar-refractivity contribution in [2.45, 2.75) is 51.5 Å². The molecular formula is C18H24F2N2O2. The topological polar surface area (TPSA) is 58.2 Å². The maximum atomic E-state index is 13.5. The van der Waals surface area contributed by atoms with E-state index < -0.39 is 17.5 Å². The lowest BCUT2D eigenvalue weighted by atomic mass is 9.87. The molecule has 0 saturated heterocycles. The van der Waals surface area contributed by atoms with E-state index in [1.165, 1.54) is 0 Å². The lowest BCUT2D eigenvalue weighted by molar-refractivity contribution is -0.122. The standard InChI is InChI=1S/C18H24F2N2O2/c1-12-4-7-14(8-5-12)22-17(23)3-2-10-21-18(24)15-9-6-13(19)11-16(15)20/h6,9,11-12,14H,2-5,7-8,10H2,1H3,(H,21,24)(H,22,23). The molecule has 1 fully saturated rings. The summed E-state index contributed by atoms with van der Waals surface area (Å²) in [6, 6.07) is 3.08. The number of carbonyl (C=O) groups is 2. The number of halogens is 2. The predicted molar refractivity (Wildman–Crippen MR) is 87.5 cm³/mol. The number of hydrogen-bond donors (Lipinski definition) is 2. The molecule has 0 radical (unpaired) electrons. The number of hydrogen-bond acceptors (Lipinski definition) is 2. The van der Waals surface area contributed by atoms with Gasteiger partial charge in [-0.05, 0) is 50.2 Å². The van der Waals surface area contributed by atoms with Crippen LogP contribution in [0.25, 0.3) is 0 Å². The second-order valence-corrected chi connectivity index (χ2v) is 6.51. The number of rotatable bonds is 6. The molecule has 1 aromatic rings. The number of benzene rings is 1. The van der Waals surface area contributed by atoms with Gasteiger partial charge >= 0.3 is 0 Å². The van der Waals surface area contributed by atoms with Gasteiger partial charge in [-0.2, -0.15) is 0 Å². The fraction of sp³-hybridized carbons (Fsp3) is 0.556. The van der Waals surface area contributed by atoms with E-state index in [4.69, 9.17) is 0 Å². The molecular weight excluding hydrogens is 314 g/mol. The number of carbonyl (C=O) groups excluding carboxylic acids is 2. The summed E-state index contributed by atoms with van der Waals surface area (Å²) < 4.78 is 26.3.